The van der Waals surface area contributed by atoms with Crippen LogP contribution in [0, 0.1) is 5.92 Å². The van der Waals surface area contributed by atoms with Crippen molar-refractivity contribution in [3.63, 3.8) is 0 Å². The fourth-order valence-electron chi connectivity index (χ4n) is 2.78. The van der Waals surface area contributed by atoms with Gasteiger partial charge in [0.25, 0.3) is 0 Å². The van der Waals surface area contributed by atoms with Gasteiger partial charge in [-0.15, -0.1) is 0 Å². The largest absolute Gasteiger partial charge is 0.475 e. The first-order valence-corrected chi connectivity index (χ1v) is 7.97. The van der Waals surface area contributed by atoms with E-state index in [9.17, 15) is 5.11 Å². The van der Waals surface area contributed by atoms with Crippen LogP contribution in [0.4, 0.5) is 5.95 Å². The summed E-state index contributed by atoms with van der Waals surface area (Å²) >= 11 is 0. The third-order valence-electron chi connectivity index (χ3n) is 4.18. The van der Waals surface area contributed by atoms with Gasteiger partial charge in [-0.25, -0.2) is 4.98 Å². The number of rotatable bonds is 6. The molecule has 1 heterocycles. The average molecular weight is 293 g/mol. The van der Waals surface area contributed by atoms with E-state index in [1.165, 1.54) is 6.42 Å². The Bertz CT molecular complexity index is 443. The normalized spacial score (nSPS) is 25.9. The van der Waals surface area contributed by atoms with Crippen molar-refractivity contribution in [1.29, 1.82) is 0 Å². The summed E-state index contributed by atoms with van der Waals surface area (Å²) < 4.78 is 5.55. The van der Waals surface area contributed by atoms with Crippen molar-refractivity contribution in [3.05, 3.63) is 12.3 Å². The van der Waals surface area contributed by atoms with Gasteiger partial charge in [-0.1, -0.05) is 13.3 Å². The van der Waals surface area contributed by atoms with E-state index in [1.54, 1.807) is 12.3 Å². The van der Waals surface area contributed by atoms with Gasteiger partial charge in [0.15, 0.2) is 0 Å². The topological polar surface area (TPSA) is 67.3 Å². The highest BCUT2D eigenvalue weighted by Gasteiger charge is 2.32. The van der Waals surface area contributed by atoms with E-state index < -0.39 is 5.60 Å². The number of hydrogen-bond acceptors (Lipinski definition) is 5. The minimum atomic E-state index is -0.635. The highest BCUT2D eigenvalue weighted by molar-refractivity contribution is 5.28. The molecular formula is C16H27N3O2. The zero-order chi connectivity index (χ0) is 15.3. The van der Waals surface area contributed by atoms with Crippen molar-refractivity contribution >= 4 is 5.95 Å². The molecule has 0 amide bonds. The van der Waals surface area contributed by atoms with Gasteiger partial charge in [0.2, 0.25) is 11.8 Å². The van der Waals surface area contributed by atoms with E-state index in [0.29, 0.717) is 18.4 Å². The van der Waals surface area contributed by atoms with Crippen molar-refractivity contribution in [2.75, 3.05) is 11.9 Å². The highest BCUT2D eigenvalue weighted by atomic mass is 16.5. The average Bonchev–Trinajstić information content (AvgIpc) is 2.46. The second-order valence-corrected chi connectivity index (χ2v) is 6.31. The summed E-state index contributed by atoms with van der Waals surface area (Å²) in [5.74, 6) is 1.84. The van der Waals surface area contributed by atoms with Crippen molar-refractivity contribution in [2.24, 2.45) is 5.92 Å². The van der Waals surface area contributed by atoms with Crippen LogP contribution in [-0.2, 0) is 0 Å². The minimum Gasteiger partial charge on any atom is -0.475 e. The van der Waals surface area contributed by atoms with Crippen LogP contribution in [0.5, 0.6) is 5.88 Å². The van der Waals surface area contributed by atoms with Gasteiger partial charge in [0, 0.05) is 18.8 Å². The molecular weight excluding hydrogens is 266 g/mol. The Labute approximate surface area is 127 Å². The molecule has 1 aliphatic carbocycles. The second kappa shape index (κ2) is 7.07. The van der Waals surface area contributed by atoms with Crippen molar-refractivity contribution < 1.29 is 9.84 Å². The molecule has 1 fully saturated rings. The molecule has 1 aromatic heterocycles. The van der Waals surface area contributed by atoms with Gasteiger partial charge < -0.3 is 15.2 Å². The summed E-state index contributed by atoms with van der Waals surface area (Å²) in [6, 6.07) is 1.74. The summed E-state index contributed by atoms with van der Waals surface area (Å²) in [5.41, 5.74) is -0.635. The third-order valence-corrected chi connectivity index (χ3v) is 4.18. The molecule has 118 valence electrons. The van der Waals surface area contributed by atoms with Gasteiger partial charge >= 0.3 is 0 Å². The number of anilines is 1. The zero-order valence-corrected chi connectivity index (χ0v) is 13.3. The number of nitrogens with one attached hydrogen (secondary N) is 1. The maximum Gasteiger partial charge on any atom is 0.226 e. The Hall–Kier alpha value is -1.36. The molecule has 1 aliphatic rings. The van der Waals surface area contributed by atoms with Crippen LogP contribution in [0.1, 0.15) is 52.9 Å². The maximum absolute atomic E-state index is 10.6. The Balaban J connectivity index is 1.88. The second-order valence-electron chi connectivity index (χ2n) is 6.31. The van der Waals surface area contributed by atoms with E-state index in [4.69, 9.17) is 4.74 Å². The van der Waals surface area contributed by atoms with Crippen LogP contribution in [0.25, 0.3) is 0 Å². The summed E-state index contributed by atoms with van der Waals surface area (Å²) in [7, 11) is 0. The molecule has 21 heavy (non-hydrogen) atoms. The summed E-state index contributed by atoms with van der Waals surface area (Å²) in [6.45, 7) is 6.64. The Kier molecular flexibility index (Phi) is 5.39. The number of ether oxygens (including phenoxy) is 1. The minimum absolute atomic E-state index is 0.0845. The Morgan fingerprint density at radius 3 is 2.76 bits per heavy atom. The summed E-state index contributed by atoms with van der Waals surface area (Å²) in [5, 5.41) is 13.8. The Morgan fingerprint density at radius 1 is 1.43 bits per heavy atom. The Morgan fingerprint density at radius 2 is 2.14 bits per heavy atom. The quantitative estimate of drug-likeness (QED) is 0.844. The van der Waals surface area contributed by atoms with E-state index >= 15 is 0 Å². The number of nitrogens with zero attached hydrogens (tertiary/aromatic N) is 2. The van der Waals surface area contributed by atoms with Crippen LogP contribution in [0.3, 0.4) is 0 Å². The smallest absolute Gasteiger partial charge is 0.226 e. The highest BCUT2D eigenvalue weighted by Crippen LogP contribution is 2.33. The SMILES string of the molecule is CCC1CCC(O)(CNc2nccc(OC(C)C)n2)CC1. The molecule has 0 unspecified atom stereocenters. The molecule has 5 nitrogen and oxygen atoms in total. The van der Waals surface area contributed by atoms with Crippen molar-refractivity contribution in [2.45, 2.75) is 64.6 Å². The van der Waals surface area contributed by atoms with Gasteiger partial charge in [0.05, 0.1) is 11.7 Å². The van der Waals surface area contributed by atoms with Crippen molar-refractivity contribution in [3.8, 4) is 5.88 Å². The predicted octanol–water partition coefficient (Wildman–Crippen LogP) is 3.01. The molecule has 1 aromatic rings. The first-order valence-electron chi connectivity index (χ1n) is 7.97. The van der Waals surface area contributed by atoms with E-state index in [2.05, 4.69) is 22.2 Å². The van der Waals surface area contributed by atoms with E-state index in [1.807, 2.05) is 13.8 Å². The summed E-state index contributed by atoms with van der Waals surface area (Å²) in [4.78, 5) is 8.48. The number of aliphatic hydroxyl groups is 1. The molecule has 2 N–H and O–H groups in total. The lowest BCUT2D eigenvalue weighted by molar-refractivity contribution is 0.00214. The molecule has 0 spiro atoms. The number of aromatic nitrogens is 2. The number of hydrogen-bond donors (Lipinski definition) is 2. The molecule has 0 radical (unpaired) electrons. The lowest BCUT2D eigenvalue weighted by Gasteiger charge is -2.35. The molecule has 2 rings (SSSR count). The lowest BCUT2D eigenvalue weighted by atomic mass is 9.78. The molecule has 0 bridgehead atoms. The van der Waals surface area contributed by atoms with Crippen molar-refractivity contribution in [1.82, 2.24) is 9.97 Å². The van der Waals surface area contributed by atoms with Gasteiger partial charge in [-0.2, -0.15) is 4.98 Å². The molecule has 0 saturated heterocycles. The predicted molar refractivity (Wildman–Crippen MR) is 83.5 cm³/mol. The molecule has 1 saturated carbocycles. The van der Waals surface area contributed by atoms with Gasteiger partial charge in [-0.05, 0) is 45.4 Å². The molecule has 0 atom stereocenters. The van der Waals surface area contributed by atoms with Crippen LogP contribution < -0.4 is 10.1 Å². The summed E-state index contributed by atoms with van der Waals surface area (Å²) in [6.07, 6.45) is 6.87. The van der Waals surface area contributed by atoms with Crippen LogP contribution in [0.15, 0.2) is 12.3 Å². The standard InChI is InChI=1S/C16H27N3O2/c1-4-13-5-8-16(20,9-6-13)11-18-15-17-10-7-14(19-15)21-12(2)3/h7,10,12-13,20H,4-6,8-9,11H2,1-3H3,(H,17,18,19). The third kappa shape index (κ3) is 4.84. The molecule has 0 aliphatic heterocycles. The first-order chi connectivity index (χ1) is 10.0. The fourth-order valence-corrected chi connectivity index (χ4v) is 2.78. The monoisotopic (exact) mass is 293 g/mol. The zero-order valence-electron chi connectivity index (χ0n) is 13.3. The lowest BCUT2D eigenvalue weighted by Crippen LogP contribution is -2.40. The maximum atomic E-state index is 10.6. The van der Waals surface area contributed by atoms with Crippen LogP contribution >= 0.6 is 0 Å². The van der Waals surface area contributed by atoms with E-state index in [-0.39, 0.29) is 6.10 Å². The molecule has 5 heteroatoms. The van der Waals surface area contributed by atoms with Gasteiger partial charge in [-0.3, -0.25) is 0 Å². The van der Waals surface area contributed by atoms with Gasteiger partial charge in [0.1, 0.15) is 0 Å². The molecule has 0 aromatic carbocycles. The van der Waals surface area contributed by atoms with E-state index in [0.717, 1.165) is 31.6 Å². The fraction of sp³-hybridized carbons (Fsp3) is 0.750. The van der Waals surface area contributed by atoms with Crippen LogP contribution in [0.2, 0.25) is 0 Å². The van der Waals surface area contributed by atoms with Crippen LogP contribution in [-0.4, -0.2) is 33.3 Å². The first kappa shape index (κ1) is 16.0.